The number of ether oxygens (including phenoxy) is 1. The van der Waals surface area contributed by atoms with Gasteiger partial charge in [0.05, 0.1) is 5.56 Å². The topological polar surface area (TPSA) is 26.3 Å². The molecule has 0 N–H and O–H groups in total. The zero-order valence-corrected chi connectivity index (χ0v) is 11.9. The highest BCUT2D eigenvalue weighted by Gasteiger charge is 2.14. The Hall–Kier alpha value is -2.61. The number of carbonyl (C=O) groups excluding carboxylic acids is 1. The maximum Gasteiger partial charge on any atom is 0.343 e. The van der Waals surface area contributed by atoms with Crippen molar-refractivity contribution in [2.24, 2.45) is 0 Å². The minimum atomic E-state index is -0.344. The fraction of sp³-hybridized carbons (Fsp3) is 0.105. The van der Waals surface area contributed by atoms with Crippen LogP contribution in [-0.4, -0.2) is 5.97 Å². The summed E-state index contributed by atoms with van der Waals surface area (Å²) in [6.07, 6.45) is 4.87. The van der Waals surface area contributed by atoms with Crippen LogP contribution in [-0.2, 0) is 12.8 Å². The van der Waals surface area contributed by atoms with E-state index in [9.17, 15) is 4.79 Å². The average molecular weight is 278 g/mol. The molecule has 0 amide bonds. The Kier molecular flexibility index (Phi) is 5.10. The second kappa shape index (κ2) is 7.25. The summed E-state index contributed by atoms with van der Waals surface area (Å²) < 4.78 is 5.55. The number of rotatable bonds is 6. The molecule has 2 heteroatoms. The van der Waals surface area contributed by atoms with Crippen LogP contribution >= 0.6 is 0 Å². The number of esters is 1. The zero-order valence-electron chi connectivity index (χ0n) is 11.9. The highest BCUT2D eigenvalue weighted by atomic mass is 16.5. The molecule has 21 heavy (non-hydrogen) atoms. The molecule has 0 heterocycles. The monoisotopic (exact) mass is 278 g/mol. The van der Waals surface area contributed by atoms with Crippen LogP contribution < -0.4 is 4.74 Å². The summed E-state index contributed by atoms with van der Waals surface area (Å²) in [7, 11) is 0. The summed E-state index contributed by atoms with van der Waals surface area (Å²) in [6.45, 7) is 7.44. The molecular formula is C19H18O2. The van der Waals surface area contributed by atoms with Crippen LogP contribution in [0.5, 0.6) is 5.75 Å². The van der Waals surface area contributed by atoms with E-state index < -0.39 is 0 Å². The molecule has 0 aromatic heterocycles. The highest BCUT2D eigenvalue weighted by molar-refractivity contribution is 5.92. The van der Waals surface area contributed by atoms with Crippen molar-refractivity contribution in [2.45, 2.75) is 12.8 Å². The van der Waals surface area contributed by atoms with Gasteiger partial charge in [-0.15, -0.1) is 13.2 Å². The minimum absolute atomic E-state index is 0.344. The van der Waals surface area contributed by atoms with E-state index in [0.29, 0.717) is 24.2 Å². The summed E-state index contributed by atoms with van der Waals surface area (Å²) in [6, 6.07) is 14.9. The number of para-hydroxylation sites is 1. The number of hydrogen-bond donors (Lipinski definition) is 0. The first-order chi connectivity index (χ1) is 10.3. The van der Waals surface area contributed by atoms with E-state index in [1.165, 1.54) is 0 Å². The molecule has 2 nitrogen and oxygen atoms in total. The third-order valence-corrected chi connectivity index (χ3v) is 3.14. The molecule has 0 bridgehead atoms. The van der Waals surface area contributed by atoms with Gasteiger partial charge in [0.25, 0.3) is 0 Å². The SMILES string of the molecule is C=CCc1ccccc1OC(=O)c1ccccc1CC=C. The Morgan fingerprint density at radius 3 is 2.19 bits per heavy atom. The van der Waals surface area contributed by atoms with Crippen LogP contribution in [0, 0.1) is 0 Å². The quantitative estimate of drug-likeness (QED) is 0.446. The predicted octanol–water partition coefficient (Wildman–Crippen LogP) is 4.36. The minimum Gasteiger partial charge on any atom is -0.423 e. The van der Waals surface area contributed by atoms with Gasteiger partial charge in [-0.25, -0.2) is 4.79 Å². The molecule has 2 aromatic rings. The van der Waals surface area contributed by atoms with Crippen molar-refractivity contribution >= 4 is 5.97 Å². The summed E-state index contributed by atoms with van der Waals surface area (Å²) in [5, 5.41) is 0. The van der Waals surface area contributed by atoms with Crippen molar-refractivity contribution in [3.8, 4) is 5.75 Å². The largest absolute Gasteiger partial charge is 0.423 e. The first-order valence-electron chi connectivity index (χ1n) is 6.86. The lowest BCUT2D eigenvalue weighted by Gasteiger charge is -2.10. The highest BCUT2D eigenvalue weighted by Crippen LogP contribution is 2.21. The summed E-state index contributed by atoms with van der Waals surface area (Å²) in [5.74, 6) is 0.236. The van der Waals surface area contributed by atoms with Crippen molar-refractivity contribution in [3.05, 3.63) is 90.5 Å². The van der Waals surface area contributed by atoms with Crippen LogP contribution in [0.2, 0.25) is 0 Å². The van der Waals surface area contributed by atoms with E-state index in [2.05, 4.69) is 13.2 Å². The van der Waals surface area contributed by atoms with Gasteiger partial charge in [0.2, 0.25) is 0 Å². The van der Waals surface area contributed by atoms with Crippen molar-refractivity contribution in [1.29, 1.82) is 0 Å². The molecule has 0 atom stereocenters. The predicted molar refractivity (Wildman–Crippen MR) is 85.6 cm³/mol. The molecule has 2 rings (SSSR count). The number of allylic oxidation sites excluding steroid dienone is 2. The fourth-order valence-electron chi connectivity index (χ4n) is 2.14. The molecule has 0 aliphatic rings. The molecule has 0 saturated carbocycles. The Labute approximate surface area is 125 Å². The van der Waals surface area contributed by atoms with Crippen molar-refractivity contribution in [2.75, 3.05) is 0 Å². The lowest BCUT2D eigenvalue weighted by atomic mass is 10.0. The molecule has 0 aliphatic heterocycles. The summed E-state index contributed by atoms with van der Waals surface area (Å²) in [5.41, 5.74) is 2.44. The molecule has 0 saturated heterocycles. The van der Waals surface area contributed by atoms with Crippen molar-refractivity contribution in [1.82, 2.24) is 0 Å². The molecule has 106 valence electrons. The van der Waals surface area contributed by atoms with Gasteiger partial charge in [-0.1, -0.05) is 48.6 Å². The Morgan fingerprint density at radius 1 is 0.905 bits per heavy atom. The van der Waals surface area contributed by atoms with Gasteiger partial charge in [-0.05, 0) is 36.1 Å². The lowest BCUT2D eigenvalue weighted by Crippen LogP contribution is -2.12. The molecule has 0 radical (unpaired) electrons. The van der Waals surface area contributed by atoms with Gasteiger partial charge in [0, 0.05) is 0 Å². The Bertz CT molecular complexity index is 656. The second-order valence-corrected chi connectivity index (χ2v) is 4.64. The molecular weight excluding hydrogens is 260 g/mol. The lowest BCUT2D eigenvalue weighted by molar-refractivity contribution is 0.0732. The van der Waals surface area contributed by atoms with Crippen LogP contribution in [0.1, 0.15) is 21.5 Å². The van der Waals surface area contributed by atoms with Gasteiger partial charge in [-0.2, -0.15) is 0 Å². The Morgan fingerprint density at radius 2 is 1.48 bits per heavy atom. The number of carbonyl (C=O) groups is 1. The molecule has 2 aromatic carbocycles. The van der Waals surface area contributed by atoms with Crippen LogP contribution in [0.3, 0.4) is 0 Å². The standard InChI is InChI=1S/C19H18O2/c1-3-9-15-11-5-7-13-17(15)19(20)21-18-14-8-6-12-16(18)10-4-2/h3-8,11-14H,1-2,9-10H2. The van der Waals surface area contributed by atoms with Crippen LogP contribution in [0.25, 0.3) is 0 Å². The van der Waals surface area contributed by atoms with Gasteiger partial charge in [-0.3, -0.25) is 0 Å². The maximum absolute atomic E-state index is 12.4. The maximum atomic E-state index is 12.4. The van der Waals surface area contributed by atoms with E-state index in [1.807, 2.05) is 36.4 Å². The zero-order chi connectivity index (χ0) is 15.1. The number of hydrogen-bond acceptors (Lipinski definition) is 2. The average Bonchev–Trinajstić information content (AvgIpc) is 2.50. The molecule has 0 aliphatic carbocycles. The summed E-state index contributed by atoms with van der Waals surface area (Å²) >= 11 is 0. The van der Waals surface area contributed by atoms with E-state index in [1.54, 1.807) is 24.3 Å². The normalized spacial score (nSPS) is 9.90. The smallest absolute Gasteiger partial charge is 0.343 e. The van der Waals surface area contributed by atoms with E-state index in [-0.39, 0.29) is 5.97 Å². The van der Waals surface area contributed by atoms with Gasteiger partial charge >= 0.3 is 5.97 Å². The van der Waals surface area contributed by atoms with Crippen molar-refractivity contribution < 1.29 is 9.53 Å². The third kappa shape index (κ3) is 3.69. The Balaban J connectivity index is 2.26. The molecule has 0 fully saturated rings. The number of benzene rings is 2. The molecule has 0 unspecified atom stereocenters. The second-order valence-electron chi connectivity index (χ2n) is 4.64. The first-order valence-corrected chi connectivity index (χ1v) is 6.86. The van der Waals surface area contributed by atoms with Gasteiger partial charge in [0.1, 0.15) is 5.75 Å². The van der Waals surface area contributed by atoms with E-state index >= 15 is 0 Å². The van der Waals surface area contributed by atoms with Crippen LogP contribution in [0.4, 0.5) is 0 Å². The van der Waals surface area contributed by atoms with Crippen LogP contribution in [0.15, 0.2) is 73.8 Å². The van der Waals surface area contributed by atoms with E-state index in [4.69, 9.17) is 4.74 Å². The van der Waals surface area contributed by atoms with Crippen molar-refractivity contribution in [3.63, 3.8) is 0 Å². The van der Waals surface area contributed by atoms with Gasteiger partial charge in [0.15, 0.2) is 0 Å². The van der Waals surface area contributed by atoms with E-state index in [0.717, 1.165) is 11.1 Å². The molecule has 0 spiro atoms. The summed E-state index contributed by atoms with van der Waals surface area (Å²) in [4.78, 5) is 12.4. The van der Waals surface area contributed by atoms with Gasteiger partial charge < -0.3 is 4.74 Å². The first kappa shape index (κ1) is 14.8. The fourth-order valence-corrected chi connectivity index (χ4v) is 2.14. The third-order valence-electron chi connectivity index (χ3n) is 3.14.